The summed E-state index contributed by atoms with van der Waals surface area (Å²) in [5, 5.41) is 13.9. The Balaban J connectivity index is 0.914. The van der Waals surface area contributed by atoms with Gasteiger partial charge >= 0.3 is 0 Å². The molecule has 42 heavy (non-hydrogen) atoms. The molecule has 2 amide bonds. The fourth-order valence-electron chi connectivity index (χ4n) is 8.31. The average molecular weight is 586 g/mol. The fourth-order valence-corrected chi connectivity index (χ4v) is 9.19. The molecule has 8 rings (SSSR count). The third-order valence-electron chi connectivity index (χ3n) is 9.85. The van der Waals surface area contributed by atoms with Crippen LogP contribution in [0.25, 0.3) is 11.1 Å². The van der Waals surface area contributed by atoms with Gasteiger partial charge < -0.3 is 19.9 Å². The summed E-state index contributed by atoms with van der Waals surface area (Å²) < 4.78 is 5.63. The Morgan fingerprint density at radius 1 is 0.952 bits per heavy atom. The number of amides is 2. The molecule has 1 aliphatic heterocycles. The number of hydrogen-bond acceptors (Lipinski definition) is 7. The predicted molar refractivity (Wildman–Crippen MR) is 164 cm³/mol. The highest BCUT2D eigenvalue weighted by atomic mass is 32.1. The van der Waals surface area contributed by atoms with Crippen molar-refractivity contribution in [2.45, 2.75) is 45.4 Å². The van der Waals surface area contributed by atoms with E-state index in [0.717, 1.165) is 51.9 Å². The molecule has 0 atom stereocenters. The van der Waals surface area contributed by atoms with Gasteiger partial charge in [0.1, 0.15) is 5.75 Å². The first kappa shape index (κ1) is 27.4. The standard InChI is InChI=1S/C33H39N5O3S/c1-2-41-27-5-3-4-25(15-27)26-16-29(42-20-26)32(40)38-10-8-37(9-11-38)30-7-6-28(35-36-30)31(39)34-21-33-17-22-12-23(18-33)14-24(13-22)19-33/h3-7,15-16,20,22-24H,2,8-14,17-19,21H2,1H3,(H,34,39). The van der Waals surface area contributed by atoms with Crippen molar-refractivity contribution in [3.8, 4) is 16.9 Å². The molecule has 1 aromatic carbocycles. The molecule has 8 nitrogen and oxygen atoms in total. The van der Waals surface area contributed by atoms with Crippen LogP contribution in [-0.4, -0.2) is 66.2 Å². The quantitative estimate of drug-likeness (QED) is 0.375. The molecule has 0 unspecified atom stereocenters. The van der Waals surface area contributed by atoms with Gasteiger partial charge in [-0.15, -0.1) is 21.5 Å². The number of benzene rings is 1. The largest absolute Gasteiger partial charge is 0.494 e. The second kappa shape index (κ2) is 11.3. The molecule has 5 aliphatic rings. The number of piperazine rings is 1. The van der Waals surface area contributed by atoms with Gasteiger partial charge in [-0.05, 0) is 115 Å². The summed E-state index contributed by atoms with van der Waals surface area (Å²) in [7, 11) is 0. The van der Waals surface area contributed by atoms with Gasteiger partial charge in [-0.1, -0.05) is 12.1 Å². The van der Waals surface area contributed by atoms with Gasteiger partial charge in [-0.2, -0.15) is 0 Å². The zero-order chi connectivity index (χ0) is 28.7. The van der Waals surface area contributed by atoms with E-state index in [9.17, 15) is 9.59 Å². The molecule has 2 aromatic heterocycles. The highest BCUT2D eigenvalue weighted by Crippen LogP contribution is 2.59. The van der Waals surface area contributed by atoms with E-state index in [-0.39, 0.29) is 11.8 Å². The van der Waals surface area contributed by atoms with E-state index in [4.69, 9.17) is 4.74 Å². The smallest absolute Gasteiger partial charge is 0.271 e. The first-order chi connectivity index (χ1) is 20.5. The van der Waals surface area contributed by atoms with Crippen molar-refractivity contribution in [2.24, 2.45) is 23.2 Å². The lowest BCUT2D eigenvalue weighted by molar-refractivity contribution is -0.0503. The summed E-state index contributed by atoms with van der Waals surface area (Å²) in [6.07, 6.45) is 8.03. The normalized spacial score (nSPS) is 26.4. The number of hydrogen-bond donors (Lipinski definition) is 1. The Hall–Kier alpha value is -3.46. The highest BCUT2D eigenvalue weighted by Gasteiger charge is 2.50. The second-order valence-electron chi connectivity index (χ2n) is 12.8. The van der Waals surface area contributed by atoms with Crippen molar-refractivity contribution >= 4 is 29.0 Å². The van der Waals surface area contributed by atoms with E-state index in [1.165, 1.54) is 49.9 Å². The van der Waals surface area contributed by atoms with E-state index >= 15 is 0 Å². The molecular weight excluding hydrogens is 546 g/mol. The minimum atomic E-state index is -0.125. The van der Waals surface area contributed by atoms with E-state index in [0.29, 0.717) is 43.9 Å². The summed E-state index contributed by atoms with van der Waals surface area (Å²) >= 11 is 1.48. The molecule has 0 spiro atoms. The minimum absolute atomic E-state index is 0.0592. The van der Waals surface area contributed by atoms with Gasteiger partial charge in [0.05, 0.1) is 11.5 Å². The van der Waals surface area contributed by atoms with Gasteiger partial charge in [0.2, 0.25) is 0 Å². The van der Waals surface area contributed by atoms with E-state index < -0.39 is 0 Å². The molecule has 1 saturated heterocycles. The molecule has 4 bridgehead atoms. The average Bonchev–Trinajstić information content (AvgIpc) is 3.50. The molecule has 4 saturated carbocycles. The van der Waals surface area contributed by atoms with Crippen molar-refractivity contribution in [3.63, 3.8) is 0 Å². The maximum absolute atomic E-state index is 13.3. The maximum Gasteiger partial charge on any atom is 0.271 e. The number of carbonyl (C=O) groups excluding carboxylic acids is 2. The van der Waals surface area contributed by atoms with Crippen LogP contribution in [0.5, 0.6) is 5.75 Å². The van der Waals surface area contributed by atoms with E-state index in [1.54, 1.807) is 6.07 Å². The van der Waals surface area contributed by atoms with E-state index in [1.807, 2.05) is 53.6 Å². The van der Waals surface area contributed by atoms with Crippen molar-refractivity contribution in [2.75, 3.05) is 44.2 Å². The Morgan fingerprint density at radius 2 is 1.69 bits per heavy atom. The molecule has 220 valence electrons. The van der Waals surface area contributed by atoms with Gasteiger partial charge in [0.25, 0.3) is 11.8 Å². The Bertz CT molecular complexity index is 1410. The number of thiophene rings is 1. The van der Waals surface area contributed by atoms with Gasteiger partial charge in [0.15, 0.2) is 11.5 Å². The molecule has 3 aromatic rings. The van der Waals surface area contributed by atoms with Crippen LogP contribution in [0.3, 0.4) is 0 Å². The topological polar surface area (TPSA) is 87.7 Å². The number of nitrogens with one attached hydrogen (secondary N) is 1. The monoisotopic (exact) mass is 585 g/mol. The molecule has 3 heterocycles. The highest BCUT2D eigenvalue weighted by molar-refractivity contribution is 7.12. The zero-order valence-electron chi connectivity index (χ0n) is 24.3. The first-order valence-electron chi connectivity index (χ1n) is 15.4. The summed E-state index contributed by atoms with van der Waals surface area (Å²) in [6.45, 7) is 5.92. The summed E-state index contributed by atoms with van der Waals surface area (Å²) in [5.41, 5.74) is 2.75. The molecule has 4 aliphatic carbocycles. The van der Waals surface area contributed by atoms with Crippen LogP contribution < -0.4 is 15.0 Å². The Morgan fingerprint density at radius 3 is 2.36 bits per heavy atom. The van der Waals surface area contributed by atoms with Gasteiger partial charge in [0, 0.05) is 32.7 Å². The van der Waals surface area contributed by atoms with Crippen LogP contribution in [0.2, 0.25) is 0 Å². The lowest BCUT2D eigenvalue weighted by Gasteiger charge is -2.56. The molecule has 5 fully saturated rings. The van der Waals surface area contributed by atoms with Crippen LogP contribution in [0.15, 0.2) is 47.8 Å². The lowest BCUT2D eigenvalue weighted by atomic mass is 9.49. The predicted octanol–water partition coefficient (Wildman–Crippen LogP) is 5.51. The fraction of sp³-hybridized carbons (Fsp3) is 0.515. The number of anilines is 1. The van der Waals surface area contributed by atoms with Crippen LogP contribution >= 0.6 is 11.3 Å². The lowest BCUT2D eigenvalue weighted by Crippen LogP contribution is -2.51. The van der Waals surface area contributed by atoms with Gasteiger partial charge in [-0.25, -0.2) is 0 Å². The van der Waals surface area contributed by atoms with Crippen molar-refractivity contribution in [3.05, 3.63) is 58.4 Å². The third kappa shape index (κ3) is 5.51. The molecular formula is C33H39N5O3S. The van der Waals surface area contributed by atoms with Crippen LogP contribution in [0, 0.1) is 23.2 Å². The van der Waals surface area contributed by atoms with Crippen molar-refractivity contribution < 1.29 is 14.3 Å². The maximum atomic E-state index is 13.3. The van der Waals surface area contributed by atoms with Crippen LogP contribution in [0.1, 0.15) is 65.6 Å². The number of carbonyl (C=O) groups is 2. The minimum Gasteiger partial charge on any atom is -0.494 e. The van der Waals surface area contributed by atoms with E-state index in [2.05, 4.69) is 20.4 Å². The number of ether oxygens (including phenoxy) is 1. The number of nitrogens with zero attached hydrogens (tertiary/aromatic N) is 4. The zero-order valence-corrected chi connectivity index (χ0v) is 25.1. The molecule has 0 radical (unpaired) electrons. The summed E-state index contributed by atoms with van der Waals surface area (Å²) in [5.74, 6) is 4.12. The number of rotatable bonds is 8. The SMILES string of the molecule is CCOc1cccc(-c2csc(C(=O)N3CCN(c4ccc(C(=O)NCC56CC7CC(CC(C7)C5)C6)nn4)CC3)c2)c1. The van der Waals surface area contributed by atoms with Crippen LogP contribution in [0.4, 0.5) is 5.82 Å². The summed E-state index contributed by atoms with van der Waals surface area (Å²) in [6, 6.07) is 13.6. The number of aromatic nitrogens is 2. The van der Waals surface area contributed by atoms with Crippen LogP contribution in [-0.2, 0) is 0 Å². The van der Waals surface area contributed by atoms with Crippen molar-refractivity contribution in [1.82, 2.24) is 20.4 Å². The molecule has 9 heteroatoms. The third-order valence-corrected chi connectivity index (χ3v) is 10.8. The summed E-state index contributed by atoms with van der Waals surface area (Å²) in [4.78, 5) is 31.0. The Kier molecular flexibility index (Phi) is 7.38. The molecule has 1 N–H and O–H groups in total. The first-order valence-corrected chi connectivity index (χ1v) is 16.3. The second-order valence-corrected chi connectivity index (χ2v) is 13.7. The van der Waals surface area contributed by atoms with Gasteiger partial charge in [-0.3, -0.25) is 9.59 Å². The van der Waals surface area contributed by atoms with Crippen molar-refractivity contribution in [1.29, 1.82) is 0 Å². The Labute approximate surface area is 251 Å².